The fourth-order valence-corrected chi connectivity index (χ4v) is 1.68. The van der Waals surface area contributed by atoms with Gasteiger partial charge in [-0.05, 0) is 18.2 Å². The molecule has 0 saturated heterocycles. The van der Waals surface area contributed by atoms with Crippen LogP contribution in [0.5, 0.6) is 0 Å². The molecule has 2 rings (SSSR count). The van der Waals surface area contributed by atoms with Gasteiger partial charge in [0.25, 0.3) is 0 Å². The van der Waals surface area contributed by atoms with Crippen LogP contribution >= 0.6 is 11.6 Å². The van der Waals surface area contributed by atoms with E-state index < -0.39 is 5.91 Å². The molecule has 1 amide bonds. The van der Waals surface area contributed by atoms with Crippen molar-refractivity contribution in [1.29, 1.82) is 0 Å². The first-order valence-electron chi connectivity index (χ1n) is 4.98. The molecule has 1 aromatic carbocycles. The molecular formula is C11H11ClN4O. The van der Waals surface area contributed by atoms with Crippen LogP contribution in [0.3, 0.4) is 0 Å². The van der Waals surface area contributed by atoms with E-state index in [-0.39, 0.29) is 0 Å². The van der Waals surface area contributed by atoms with Crippen LogP contribution in [0.4, 0.5) is 5.69 Å². The Kier molecular flexibility index (Phi) is 3.30. The van der Waals surface area contributed by atoms with E-state index in [1.165, 1.54) is 0 Å². The van der Waals surface area contributed by atoms with Gasteiger partial charge in [0, 0.05) is 18.1 Å². The van der Waals surface area contributed by atoms with Gasteiger partial charge in [0.1, 0.15) is 5.82 Å². The van der Waals surface area contributed by atoms with Crippen molar-refractivity contribution in [2.45, 2.75) is 6.54 Å². The minimum absolute atomic E-state index is 0.315. The normalized spacial score (nSPS) is 10.2. The molecule has 0 spiro atoms. The third kappa shape index (κ3) is 2.76. The molecule has 0 radical (unpaired) electrons. The van der Waals surface area contributed by atoms with E-state index in [0.717, 1.165) is 11.5 Å². The predicted octanol–water partition coefficient (Wildman–Crippen LogP) is 1.77. The third-order valence-corrected chi connectivity index (χ3v) is 2.56. The second-order valence-corrected chi connectivity index (χ2v) is 3.86. The fourth-order valence-electron chi connectivity index (χ4n) is 1.41. The summed E-state index contributed by atoms with van der Waals surface area (Å²) in [5.74, 6) is 0.285. The van der Waals surface area contributed by atoms with E-state index in [9.17, 15) is 4.79 Å². The van der Waals surface area contributed by atoms with Crippen molar-refractivity contribution in [2.75, 3.05) is 5.32 Å². The van der Waals surface area contributed by atoms with E-state index in [1.807, 2.05) is 0 Å². The zero-order chi connectivity index (χ0) is 12.3. The molecule has 6 heteroatoms. The Bertz CT molecular complexity index is 524. The van der Waals surface area contributed by atoms with E-state index in [0.29, 0.717) is 17.1 Å². The highest BCUT2D eigenvalue weighted by atomic mass is 35.5. The highest BCUT2D eigenvalue weighted by Gasteiger charge is 2.06. The summed E-state index contributed by atoms with van der Waals surface area (Å²) in [6.07, 6.45) is 3.43. The van der Waals surface area contributed by atoms with Gasteiger partial charge in [-0.1, -0.05) is 11.6 Å². The molecule has 17 heavy (non-hydrogen) atoms. The van der Waals surface area contributed by atoms with Gasteiger partial charge < -0.3 is 16.0 Å². The van der Waals surface area contributed by atoms with Crippen molar-refractivity contribution in [2.24, 2.45) is 5.73 Å². The third-order valence-electron chi connectivity index (χ3n) is 2.25. The molecule has 5 nitrogen and oxygen atoms in total. The number of nitrogens with two attached hydrogens (primary N) is 1. The number of nitrogens with zero attached hydrogens (tertiary/aromatic N) is 1. The van der Waals surface area contributed by atoms with Gasteiger partial charge in [-0.2, -0.15) is 0 Å². The number of benzene rings is 1. The van der Waals surface area contributed by atoms with Crippen molar-refractivity contribution in [3.63, 3.8) is 0 Å². The molecule has 0 aliphatic heterocycles. The number of hydrogen-bond donors (Lipinski definition) is 3. The van der Waals surface area contributed by atoms with Gasteiger partial charge in [-0.3, -0.25) is 4.79 Å². The lowest BCUT2D eigenvalue weighted by molar-refractivity contribution is 0.100. The molecule has 0 fully saturated rings. The van der Waals surface area contributed by atoms with E-state index in [4.69, 9.17) is 17.3 Å². The molecule has 0 unspecified atom stereocenters. The van der Waals surface area contributed by atoms with Gasteiger partial charge in [0.2, 0.25) is 5.91 Å². The molecule has 0 aliphatic rings. The first kappa shape index (κ1) is 11.5. The maximum absolute atomic E-state index is 11.0. The Hall–Kier alpha value is -2.01. The van der Waals surface area contributed by atoms with Gasteiger partial charge in [-0.15, -0.1) is 0 Å². The average Bonchev–Trinajstić information content (AvgIpc) is 2.78. The Morgan fingerprint density at radius 1 is 1.53 bits per heavy atom. The number of imidazole rings is 1. The summed E-state index contributed by atoms with van der Waals surface area (Å²) >= 11 is 5.92. The van der Waals surface area contributed by atoms with E-state index in [2.05, 4.69) is 15.3 Å². The highest BCUT2D eigenvalue weighted by molar-refractivity contribution is 6.34. The smallest absolute Gasteiger partial charge is 0.250 e. The molecule has 4 N–H and O–H groups in total. The van der Waals surface area contributed by atoms with Crippen molar-refractivity contribution >= 4 is 23.2 Å². The zero-order valence-electron chi connectivity index (χ0n) is 8.90. The van der Waals surface area contributed by atoms with Crippen LogP contribution < -0.4 is 11.1 Å². The SMILES string of the molecule is NC(=O)c1ccc(NCc2ncc[nH]2)cc1Cl. The van der Waals surface area contributed by atoms with Crippen LogP contribution in [0.15, 0.2) is 30.6 Å². The largest absolute Gasteiger partial charge is 0.378 e. The van der Waals surface area contributed by atoms with Crippen LogP contribution in [-0.2, 0) is 6.54 Å². The lowest BCUT2D eigenvalue weighted by Crippen LogP contribution is -2.11. The molecular weight excluding hydrogens is 240 g/mol. The minimum Gasteiger partial charge on any atom is -0.378 e. The number of rotatable bonds is 4. The summed E-state index contributed by atoms with van der Waals surface area (Å²) in [6.45, 7) is 0.555. The van der Waals surface area contributed by atoms with Crippen LogP contribution in [0.2, 0.25) is 5.02 Å². The maximum atomic E-state index is 11.0. The molecule has 1 heterocycles. The average molecular weight is 251 g/mol. The number of aromatic nitrogens is 2. The number of primary amides is 1. The number of carbonyl (C=O) groups excluding carboxylic acids is 1. The molecule has 0 saturated carbocycles. The topological polar surface area (TPSA) is 83.8 Å². The second-order valence-electron chi connectivity index (χ2n) is 3.45. The summed E-state index contributed by atoms with van der Waals surface area (Å²) in [7, 11) is 0. The fraction of sp³-hybridized carbons (Fsp3) is 0.0909. The first-order chi connectivity index (χ1) is 8.16. The van der Waals surface area contributed by atoms with Crippen molar-refractivity contribution in [3.8, 4) is 0 Å². The summed E-state index contributed by atoms with van der Waals surface area (Å²) in [4.78, 5) is 18.0. The molecule has 1 aromatic heterocycles. The number of anilines is 1. The quantitative estimate of drug-likeness (QED) is 0.773. The molecule has 0 atom stereocenters. The second kappa shape index (κ2) is 4.88. The first-order valence-corrected chi connectivity index (χ1v) is 5.36. The van der Waals surface area contributed by atoms with Crippen LogP contribution in [0.25, 0.3) is 0 Å². The van der Waals surface area contributed by atoms with Crippen LogP contribution in [0.1, 0.15) is 16.2 Å². The van der Waals surface area contributed by atoms with Crippen LogP contribution in [-0.4, -0.2) is 15.9 Å². The van der Waals surface area contributed by atoms with Crippen LogP contribution in [0, 0.1) is 0 Å². The van der Waals surface area contributed by atoms with Gasteiger partial charge in [-0.25, -0.2) is 4.98 Å². The van der Waals surface area contributed by atoms with Crippen molar-refractivity contribution < 1.29 is 4.79 Å². The number of aromatic amines is 1. The van der Waals surface area contributed by atoms with Gasteiger partial charge >= 0.3 is 0 Å². The summed E-state index contributed by atoms with van der Waals surface area (Å²) in [5.41, 5.74) is 6.27. The molecule has 2 aromatic rings. The summed E-state index contributed by atoms with van der Waals surface area (Å²) in [5, 5.41) is 3.46. The Labute approximate surface area is 103 Å². The minimum atomic E-state index is -0.535. The monoisotopic (exact) mass is 250 g/mol. The summed E-state index contributed by atoms with van der Waals surface area (Å²) < 4.78 is 0. The summed E-state index contributed by atoms with van der Waals surface area (Å²) in [6, 6.07) is 4.99. The highest BCUT2D eigenvalue weighted by Crippen LogP contribution is 2.20. The number of carbonyl (C=O) groups is 1. The van der Waals surface area contributed by atoms with Crippen molar-refractivity contribution in [1.82, 2.24) is 9.97 Å². The number of hydrogen-bond acceptors (Lipinski definition) is 3. The van der Waals surface area contributed by atoms with Gasteiger partial charge in [0.15, 0.2) is 0 Å². The standard InChI is InChI=1S/C11H11ClN4O/c12-9-5-7(1-2-8(9)11(13)17)16-6-10-14-3-4-15-10/h1-5,16H,6H2,(H2,13,17)(H,14,15). The lowest BCUT2D eigenvalue weighted by atomic mass is 10.2. The molecule has 0 bridgehead atoms. The Morgan fingerprint density at radius 2 is 2.35 bits per heavy atom. The van der Waals surface area contributed by atoms with E-state index >= 15 is 0 Å². The Balaban J connectivity index is 2.07. The maximum Gasteiger partial charge on any atom is 0.250 e. The number of nitrogens with one attached hydrogen (secondary N) is 2. The number of halogens is 1. The molecule has 0 aliphatic carbocycles. The number of H-pyrrole nitrogens is 1. The Morgan fingerprint density at radius 3 is 2.94 bits per heavy atom. The predicted molar refractivity (Wildman–Crippen MR) is 65.9 cm³/mol. The molecule has 88 valence electrons. The van der Waals surface area contributed by atoms with Crippen molar-refractivity contribution in [3.05, 3.63) is 47.0 Å². The van der Waals surface area contributed by atoms with Gasteiger partial charge in [0.05, 0.1) is 17.1 Å². The lowest BCUT2D eigenvalue weighted by Gasteiger charge is -2.06. The van der Waals surface area contributed by atoms with E-state index in [1.54, 1.807) is 30.6 Å². The zero-order valence-corrected chi connectivity index (χ0v) is 9.66. The number of amides is 1.